The standard InChI is InChI=1S/C22H20N2O4S4/c1-15-5-9-18(10-6-15)31(25,26)21-20(23-14-17-4-3-13-29-17)30-22(24-21)32(27,28)19-11-7-16(2)8-12-19/h3-13,23H,14H2,1-2H3. The highest BCUT2D eigenvalue weighted by Crippen LogP contribution is 2.37. The average Bonchev–Trinajstić information content (AvgIpc) is 3.43. The Balaban J connectivity index is 1.81. The summed E-state index contributed by atoms with van der Waals surface area (Å²) in [5, 5.41) is 4.91. The van der Waals surface area contributed by atoms with E-state index in [1.165, 1.54) is 35.6 Å². The van der Waals surface area contributed by atoms with E-state index in [2.05, 4.69) is 10.3 Å². The highest BCUT2D eigenvalue weighted by molar-refractivity contribution is 7.94. The molecule has 4 aromatic rings. The first-order valence-corrected chi connectivity index (χ1v) is 14.2. The summed E-state index contributed by atoms with van der Waals surface area (Å²) < 4.78 is 52.8. The molecular formula is C22H20N2O4S4. The molecule has 0 saturated heterocycles. The van der Waals surface area contributed by atoms with Gasteiger partial charge in [-0.1, -0.05) is 52.8 Å². The Morgan fingerprint density at radius 2 is 1.38 bits per heavy atom. The van der Waals surface area contributed by atoms with Crippen LogP contribution in [-0.4, -0.2) is 21.8 Å². The number of anilines is 1. The minimum Gasteiger partial charge on any atom is -0.370 e. The van der Waals surface area contributed by atoms with Gasteiger partial charge in [-0.15, -0.1) is 11.3 Å². The normalized spacial score (nSPS) is 12.1. The molecule has 0 amide bonds. The molecule has 32 heavy (non-hydrogen) atoms. The number of thiazole rings is 1. The van der Waals surface area contributed by atoms with Gasteiger partial charge in [0, 0.05) is 4.88 Å². The number of aromatic nitrogens is 1. The summed E-state index contributed by atoms with van der Waals surface area (Å²) in [4.78, 5) is 5.25. The van der Waals surface area contributed by atoms with Crippen LogP contribution in [-0.2, 0) is 26.2 Å². The molecule has 0 atom stereocenters. The van der Waals surface area contributed by atoms with Crippen LogP contribution in [0.25, 0.3) is 0 Å². The second kappa shape index (κ2) is 8.78. The Morgan fingerprint density at radius 3 is 1.91 bits per heavy atom. The van der Waals surface area contributed by atoms with Crippen molar-refractivity contribution in [3.63, 3.8) is 0 Å². The Morgan fingerprint density at radius 1 is 0.812 bits per heavy atom. The van der Waals surface area contributed by atoms with Crippen LogP contribution < -0.4 is 5.32 Å². The number of benzene rings is 2. The van der Waals surface area contributed by atoms with Gasteiger partial charge < -0.3 is 5.32 Å². The number of aryl methyl sites for hydroxylation is 2. The summed E-state index contributed by atoms with van der Waals surface area (Å²) in [5.41, 5.74) is 1.84. The Labute approximate surface area is 195 Å². The number of rotatable bonds is 7. The van der Waals surface area contributed by atoms with Gasteiger partial charge in [0.05, 0.1) is 16.3 Å². The molecule has 2 aromatic heterocycles. The van der Waals surface area contributed by atoms with Crippen molar-refractivity contribution in [3.8, 4) is 0 Å². The molecule has 0 aliphatic carbocycles. The van der Waals surface area contributed by atoms with Gasteiger partial charge in [0.15, 0.2) is 5.03 Å². The molecule has 0 aliphatic heterocycles. The molecule has 0 radical (unpaired) electrons. The lowest BCUT2D eigenvalue weighted by atomic mass is 10.2. The molecular weight excluding hydrogens is 485 g/mol. The lowest BCUT2D eigenvalue weighted by Crippen LogP contribution is -2.08. The molecule has 6 nitrogen and oxygen atoms in total. The summed E-state index contributed by atoms with van der Waals surface area (Å²) >= 11 is 2.35. The maximum atomic E-state index is 13.4. The first kappa shape index (κ1) is 22.7. The van der Waals surface area contributed by atoms with E-state index in [1.807, 2.05) is 31.4 Å². The van der Waals surface area contributed by atoms with Gasteiger partial charge in [-0.25, -0.2) is 21.8 Å². The summed E-state index contributed by atoms with van der Waals surface area (Å²) in [6.07, 6.45) is 0. The summed E-state index contributed by atoms with van der Waals surface area (Å²) in [6.45, 7) is 4.08. The quantitative estimate of drug-likeness (QED) is 0.376. The van der Waals surface area contributed by atoms with Gasteiger partial charge in [-0.3, -0.25) is 0 Å². The number of nitrogens with one attached hydrogen (secondary N) is 1. The number of sulfone groups is 2. The zero-order valence-corrected chi connectivity index (χ0v) is 20.5. The van der Waals surface area contributed by atoms with Crippen LogP contribution in [0, 0.1) is 13.8 Å². The van der Waals surface area contributed by atoms with Crippen LogP contribution in [0.4, 0.5) is 5.00 Å². The molecule has 0 unspecified atom stereocenters. The minimum absolute atomic E-state index is 0.0619. The van der Waals surface area contributed by atoms with Gasteiger partial charge in [-0.05, 0) is 49.6 Å². The van der Waals surface area contributed by atoms with Crippen molar-refractivity contribution < 1.29 is 16.8 Å². The molecule has 1 N–H and O–H groups in total. The van der Waals surface area contributed by atoms with Crippen LogP contribution in [0.1, 0.15) is 16.0 Å². The summed E-state index contributed by atoms with van der Waals surface area (Å²) in [5.74, 6) is 0. The third-order valence-corrected chi connectivity index (χ3v) is 10.6. The van der Waals surface area contributed by atoms with Crippen LogP contribution in [0.5, 0.6) is 0 Å². The molecule has 0 aliphatic rings. The van der Waals surface area contributed by atoms with Crippen LogP contribution in [0.2, 0.25) is 0 Å². The van der Waals surface area contributed by atoms with E-state index in [1.54, 1.807) is 24.3 Å². The van der Waals surface area contributed by atoms with Gasteiger partial charge in [-0.2, -0.15) is 0 Å². The average molecular weight is 505 g/mol. The summed E-state index contributed by atoms with van der Waals surface area (Å²) in [6, 6.07) is 16.6. The van der Waals surface area contributed by atoms with Gasteiger partial charge in [0.2, 0.25) is 24.0 Å². The van der Waals surface area contributed by atoms with Crippen LogP contribution in [0.15, 0.2) is 85.2 Å². The predicted octanol–water partition coefficient (Wildman–Crippen LogP) is 5.10. The van der Waals surface area contributed by atoms with Crippen LogP contribution >= 0.6 is 22.7 Å². The van der Waals surface area contributed by atoms with Gasteiger partial charge >= 0.3 is 0 Å². The molecule has 4 rings (SSSR count). The van der Waals surface area contributed by atoms with Gasteiger partial charge in [0.1, 0.15) is 5.00 Å². The fourth-order valence-electron chi connectivity index (χ4n) is 2.92. The zero-order valence-electron chi connectivity index (χ0n) is 17.3. The van der Waals surface area contributed by atoms with E-state index in [4.69, 9.17) is 0 Å². The molecule has 0 saturated carbocycles. The number of thiophene rings is 1. The van der Waals surface area contributed by atoms with Crippen LogP contribution in [0.3, 0.4) is 0 Å². The Kier molecular flexibility index (Phi) is 6.22. The number of hydrogen-bond donors (Lipinski definition) is 1. The van der Waals surface area contributed by atoms with Crippen molar-refractivity contribution in [2.24, 2.45) is 0 Å². The number of hydrogen-bond acceptors (Lipinski definition) is 8. The second-order valence-electron chi connectivity index (χ2n) is 7.18. The van der Waals surface area contributed by atoms with Crippen molar-refractivity contribution >= 4 is 47.3 Å². The maximum absolute atomic E-state index is 13.4. The molecule has 2 heterocycles. The maximum Gasteiger partial charge on any atom is 0.233 e. The third-order valence-electron chi connectivity index (χ3n) is 4.73. The highest BCUT2D eigenvalue weighted by Gasteiger charge is 2.31. The molecule has 0 spiro atoms. The van der Waals surface area contributed by atoms with Crippen molar-refractivity contribution in [1.29, 1.82) is 0 Å². The van der Waals surface area contributed by atoms with E-state index in [-0.39, 0.29) is 24.2 Å². The molecule has 10 heteroatoms. The zero-order chi connectivity index (χ0) is 22.9. The number of nitrogens with zero attached hydrogens (tertiary/aromatic N) is 1. The fraction of sp³-hybridized carbons (Fsp3) is 0.136. The fourth-order valence-corrected chi connectivity index (χ4v) is 7.86. The first-order chi connectivity index (χ1) is 15.2. The SMILES string of the molecule is Cc1ccc(S(=O)(=O)c2nc(S(=O)(=O)c3ccc(C)cc3)c(NCc3cccs3)s2)cc1. The largest absolute Gasteiger partial charge is 0.370 e. The molecule has 166 valence electrons. The van der Waals surface area contributed by atoms with E-state index in [0.717, 1.165) is 27.3 Å². The smallest absolute Gasteiger partial charge is 0.233 e. The van der Waals surface area contributed by atoms with Gasteiger partial charge in [0.25, 0.3) is 0 Å². The second-order valence-corrected chi connectivity index (χ2v) is 13.2. The van der Waals surface area contributed by atoms with E-state index < -0.39 is 19.7 Å². The van der Waals surface area contributed by atoms with Crippen molar-refractivity contribution in [2.45, 2.75) is 39.5 Å². The minimum atomic E-state index is -4.03. The van der Waals surface area contributed by atoms with Crippen molar-refractivity contribution in [1.82, 2.24) is 4.98 Å². The monoisotopic (exact) mass is 504 g/mol. The molecule has 2 aromatic carbocycles. The predicted molar refractivity (Wildman–Crippen MR) is 127 cm³/mol. The Hall–Kier alpha value is -2.53. The van der Waals surface area contributed by atoms with Crippen molar-refractivity contribution in [2.75, 3.05) is 5.32 Å². The van der Waals surface area contributed by atoms with E-state index >= 15 is 0 Å². The molecule has 0 bridgehead atoms. The topological polar surface area (TPSA) is 93.2 Å². The first-order valence-electron chi connectivity index (χ1n) is 9.58. The lowest BCUT2D eigenvalue weighted by molar-refractivity contribution is 0.589. The lowest BCUT2D eigenvalue weighted by Gasteiger charge is -2.06. The van der Waals surface area contributed by atoms with E-state index in [9.17, 15) is 16.8 Å². The van der Waals surface area contributed by atoms with Crippen molar-refractivity contribution in [3.05, 3.63) is 82.0 Å². The third kappa shape index (κ3) is 4.49. The molecule has 0 fully saturated rings. The van der Waals surface area contributed by atoms with E-state index in [0.29, 0.717) is 6.54 Å². The highest BCUT2D eigenvalue weighted by atomic mass is 32.2. The summed E-state index contributed by atoms with van der Waals surface area (Å²) in [7, 11) is -8.00. The Bertz CT molecular complexity index is 1440.